The van der Waals surface area contributed by atoms with Gasteiger partial charge in [0.15, 0.2) is 0 Å². The van der Waals surface area contributed by atoms with Crippen LogP contribution < -0.4 is 10.2 Å². The molecule has 0 aliphatic carbocycles. The fraction of sp³-hybridized carbons (Fsp3) is 0.571. The van der Waals surface area contributed by atoms with E-state index < -0.39 is 11.7 Å². The second kappa shape index (κ2) is 7.50. The summed E-state index contributed by atoms with van der Waals surface area (Å²) in [7, 11) is 1.65. The molecule has 114 valence electrons. The summed E-state index contributed by atoms with van der Waals surface area (Å²) in [5, 5.41) is 11.8. The van der Waals surface area contributed by atoms with Crippen molar-refractivity contribution in [1.29, 1.82) is 0 Å². The summed E-state index contributed by atoms with van der Waals surface area (Å²) in [4.78, 5) is 1.60. The summed E-state index contributed by atoms with van der Waals surface area (Å²) in [5.41, 5.74) is 0.0705. The number of alkyl halides is 3. The van der Waals surface area contributed by atoms with Gasteiger partial charge in [-0.15, -0.1) is 0 Å². The van der Waals surface area contributed by atoms with Crippen molar-refractivity contribution in [3.63, 3.8) is 0 Å². The summed E-state index contributed by atoms with van der Waals surface area (Å²) >= 11 is 0. The van der Waals surface area contributed by atoms with Crippen LogP contribution in [-0.4, -0.2) is 31.9 Å². The van der Waals surface area contributed by atoms with Gasteiger partial charge in [0.05, 0.1) is 12.2 Å². The van der Waals surface area contributed by atoms with Crippen LogP contribution in [0.1, 0.15) is 24.5 Å². The largest absolute Gasteiger partial charge is 0.416 e. The molecule has 0 spiro atoms. The Morgan fingerprint density at radius 1 is 1.30 bits per heavy atom. The zero-order chi connectivity index (χ0) is 15.2. The molecule has 0 radical (unpaired) electrons. The van der Waals surface area contributed by atoms with E-state index in [0.717, 1.165) is 12.5 Å². The number of hydrogen-bond donors (Lipinski definition) is 2. The molecule has 0 aliphatic heterocycles. The fourth-order valence-corrected chi connectivity index (χ4v) is 1.90. The molecule has 2 N–H and O–H groups in total. The molecule has 1 rings (SSSR count). The molecule has 1 aromatic carbocycles. The van der Waals surface area contributed by atoms with Crippen molar-refractivity contribution in [2.75, 3.05) is 31.6 Å². The first-order chi connectivity index (χ1) is 9.40. The van der Waals surface area contributed by atoms with E-state index >= 15 is 0 Å². The Kier molecular flexibility index (Phi) is 6.29. The Morgan fingerprint density at radius 3 is 2.55 bits per heavy atom. The average molecular weight is 290 g/mol. The van der Waals surface area contributed by atoms with E-state index in [0.29, 0.717) is 18.8 Å². The second-order valence-electron chi connectivity index (χ2n) is 4.66. The molecular formula is C14H21F3N2O. The number of rotatable bonds is 7. The third kappa shape index (κ3) is 4.68. The zero-order valence-corrected chi connectivity index (χ0v) is 11.8. The lowest BCUT2D eigenvalue weighted by atomic mass is 10.1. The summed E-state index contributed by atoms with van der Waals surface area (Å²) in [6, 6.07) is 4.28. The van der Waals surface area contributed by atoms with Crippen molar-refractivity contribution in [3.8, 4) is 0 Å². The molecule has 0 heterocycles. The quantitative estimate of drug-likeness (QED) is 0.758. The first-order valence-corrected chi connectivity index (χ1v) is 6.63. The molecule has 0 amide bonds. The van der Waals surface area contributed by atoms with E-state index in [1.54, 1.807) is 18.0 Å². The first kappa shape index (κ1) is 16.8. The third-order valence-corrected chi connectivity index (χ3v) is 3.02. The number of halogens is 3. The molecule has 3 nitrogen and oxygen atoms in total. The number of nitrogens with zero attached hydrogens (tertiary/aromatic N) is 1. The van der Waals surface area contributed by atoms with E-state index in [1.165, 1.54) is 6.07 Å². The number of hydrogen-bond acceptors (Lipinski definition) is 3. The molecule has 0 aliphatic rings. The van der Waals surface area contributed by atoms with Gasteiger partial charge in [0.25, 0.3) is 0 Å². The highest BCUT2D eigenvalue weighted by molar-refractivity contribution is 5.51. The van der Waals surface area contributed by atoms with Crippen molar-refractivity contribution in [1.82, 2.24) is 5.32 Å². The van der Waals surface area contributed by atoms with Crippen LogP contribution in [0.5, 0.6) is 0 Å². The Balaban J connectivity index is 3.01. The monoisotopic (exact) mass is 290 g/mol. The molecule has 0 bridgehead atoms. The fourth-order valence-electron chi connectivity index (χ4n) is 1.90. The number of benzene rings is 1. The van der Waals surface area contributed by atoms with Gasteiger partial charge in [-0.25, -0.2) is 0 Å². The van der Waals surface area contributed by atoms with Crippen molar-refractivity contribution < 1.29 is 18.3 Å². The maximum atomic E-state index is 13.1. The highest BCUT2D eigenvalue weighted by atomic mass is 19.4. The highest BCUT2D eigenvalue weighted by Gasteiger charge is 2.33. The summed E-state index contributed by atoms with van der Waals surface area (Å²) in [6.07, 6.45) is -3.50. The standard InChI is InChI=1S/C14H21F3N2O/c1-3-6-18-10-11-4-5-12(19(2)7-8-20)9-13(11)14(15,16)17/h4-5,9,18,20H,3,6-8,10H2,1-2H3. The smallest absolute Gasteiger partial charge is 0.395 e. The number of aliphatic hydroxyl groups excluding tert-OH is 1. The summed E-state index contributed by atoms with van der Waals surface area (Å²) in [5.74, 6) is 0. The molecule has 0 atom stereocenters. The number of nitrogens with one attached hydrogen (secondary N) is 1. The minimum atomic E-state index is -4.38. The lowest BCUT2D eigenvalue weighted by molar-refractivity contribution is -0.138. The Bertz CT molecular complexity index is 421. The predicted molar refractivity (Wildman–Crippen MR) is 73.8 cm³/mol. The summed E-state index contributed by atoms with van der Waals surface area (Å²) < 4.78 is 39.3. The van der Waals surface area contributed by atoms with E-state index in [-0.39, 0.29) is 18.7 Å². The van der Waals surface area contributed by atoms with Crippen LogP contribution in [0.15, 0.2) is 18.2 Å². The van der Waals surface area contributed by atoms with Crippen LogP contribution in [0.3, 0.4) is 0 Å². The van der Waals surface area contributed by atoms with Crippen molar-refractivity contribution in [2.24, 2.45) is 0 Å². The molecule has 0 saturated carbocycles. The van der Waals surface area contributed by atoms with E-state index in [9.17, 15) is 13.2 Å². The molecule has 0 fully saturated rings. The molecule has 0 saturated heterocycles. The van der Waals surface area contributed by atoms with Crippen LogP contribution in [0.4, 0.5) is 18.9 Å². The normalized spacial score (nSPS) is 11.7. The topological polar surface area (TPSA) is 35.5 Å². The van der Waals surface area contributed by atoms with Gasteiger partial charge in [-0.1, -0.05) is 13.0 Å². The van der Waals surface area contributed by atoms with Crippen molar-refractivity contribution >= 4 is 5.69 Å². The molecular weight excluding hydrogens is 269 g/mol. The molecule has 6 heteroatoms. The number of likely N-dealkylation sites (N-methyl/N-ethyl adjacent to an activating group) is 1. The van der Waals surface area contributed by atoms with Crippen molar-refractivity contribution in [2.45, 2.75) is 26.1 Å². The van der Waals surface area contributed by atoms with Gasteiger partial charge in [0.1, 0.15) is 0 Å². The van der Waals surface area contributed by atoms with Crippen LogP contribution >= 0.6 is 0 Å². The average Bonchev–Trinajstić information content (AvgIpc) is 2.38. The minimum Gasteiger partial charge on any atom is -0.395 e. The van der Waals surface area contributed by atoms with Gasteiger partial charge in [0, 0.05) is 25.8 Å². The molecule has 0 unspecified atom stereocenters. The predicted octanol–water partition coefficient (Wildman–Crippen LogP) is 2.63. The molecule has 1 aromatic rings. The highest BCUT2D eigenvalue weighted by Crippen LogP contribution is 2.34. The van der Waals surface area contributed by atoms with Gasteiger partial charge in [0.2, 0.25) is 0 Å². The van der Waals surface area contributed by atoms with Gasteiger partial charge < -0.3 is 15.3 Å². The molecule has 20 heavy (non-hydrogen) atoms. The van der Waals surface area contributed by atoms with E-state index in [4.69, 9.17) is 5.11 Å². The van der Waals surface area contributed by atoms with Gasteiger partial charge in [-0.05, 0) is 30.7 Å². The SMILES string of the molecule is CCCNCc1ccc(N(C)CCO)cc1C(F)(F)F. The van der Waals surface area contributed by atoms with E-state index in [2.05, 4.69) is 5.32 Å². The maximum Gasteiger partial charge on any atom is 0.416 e. The van der Waals surface area contributed by atoms with Crippen LogP contribution in [0.25, 0.3) is 0 Å². The Morgan fingerprint density at radius 2 is 2.00 bits per heavy atom. The summed E-state index contributed by atoms with van der Waals surface area (Å²) in [6.45, 7) is 3.04. The second-order valence-corrected chi connectivity index (χ2v) is 4.66. The van der Waals surface area contributed by atoms with E-state index in [1.807, 2.05) is 6.92 Å². The van der Waals surface area contributed by atoms with Crippen LogP contribution in [-0.2, 0) is 12.7 Å². The maximum absolute atomic E-state index is 13.1. The lowest BCUT2D eigenvalue weighted by Gasteiger charge is -2.21. The van der Waals surface area contributed by atoms with Crippen LogP contribution in [0, 0.1) is 0 Å². The minimum absolute atomic E-state index is 0.0995. The van der Waals surface area contributed by atoms with Crippen LogP contribution in [0.2, 0.25) is 0 Å². The number of anilines is 1. The van der Waals surface area contributed by atoms with Gasteiger partial charge >= 0.3 is 6.18 Å². The first-order valence-electron chi connectivity index (χ1n) is 6.63. The van der Waals surface area contributed by atoms with Gasteiger partial charge in [-0.2, -0.15) is 13.2 Å². The Labute approximate surface area is 117 Å². The zero-order valence-electron chi connectivity index (χ0n) is 11.8. The number of aliphatic hydroxyl groups is 1. The third-order valence-electron chi connectivity index (χ3n) is 3.02. The lowest BCUT2D eigenvalue weighted by Crippen LogP contribution is -2.23. The Hall–Kier alpha value is -1.27. The molecule has 0 aromatic heterocycles. The van der Waals surface area contributed by atoms with Gasteiger partial charge in [-0.3, -0.25) is 0 Å². The van der Waals surface area contributed by atoms with Crippen molar-refractivity contribution in [3.05, 3.63) is 29.3 Å².